The molecule has 3 aromatic rings. The number of benzene rings is 1. The van der Waals surface area contributed by atoms with Gasteiger partial charge in [-0.25, -0.2) is 9.97 Å². The fourth-order valence-electron chi connectivity index (χ4n) is 3.58. The van der Waals surface area contributed by atoms with Crippen LogP contribution in [0.5, 0.6) is 0 Å². The molecule has 1 aromatic carbocycles. The van der Waals surface area contributed by atoms with Crippen LogP contribution in [0.1, 0.15) is 29.9 Å². The van der Waals surface area contributed by atoms with Crippen LogP contribution in [-0.2, 0) is 11.2 Å². The monoisotopic (exact) mass is 423 g/mol. The lowest BCUT2D eigenvalue weighted by molar-refractivity contribution is -0.107. The van der Waals surface area contributed by atoms with Crippen molar-refractivity contribution in [1.29, 1.82) is 0 Å². The number of halogens is 2. The zero-order valence-electron chi connectivity index (χ0n) is 14.7. The molecule has 1 aliphatic rings. The minimum Gasteiger partial charge on any atom is -0.390 e. The Morgan fingerprint density at radius 3 is 2.82 bits per heavy atom. The molecule has 4 rings (SSSR count). The highest BCUT2D eigenvalue weighted by Crippen LogP contribution is 2.34. The van der Waals surface area contributed by atoms with Gasteiger partial charge in [-0.3, -0.25) is 0 Å². The number of hydrogen-bond donors (Lipinski definition) is 3. The Kier molecular flexibility index (Phi) is 5.55. The number of fused-ring (bicyclic) bond motifs is 2. The van der Waals surface area contributed by atoms with Crippen molar-refractivity contribution in [3.05, 3.63) is 58.1 Å². The first-order valence-electron chi connectivity index (χ1n) is 8.87. The molecule has 28 heavy (non-hydrogen) atoms. The highest BCUT2D eigenvalue weighted by atomic mass is 35.5. The van der Waals surface area contributed by atoms with Gasteiger partial charge in [-0.05, 0) is 35.7 Å². The van der Waals surface area contributed by atoms with Crippen LogP contribution in [0.4, 0.5) is 0 Å². The highest BCUT2D eigenvalue weighted by Gasteiger charge is 2.32. The topological polar surface area (TPSA) is 101 Å². The third-order valence-electron chi connectivity index (χ3n) is 5.04. The summed E-state index contributed by atoms with van der Waals surface area (Å²) in [5.74, 6) is 0. The quantitative estimate of drug-likeness (QED) is 0.545. The predicted octanol–water partition coefficient (Wildman–Crippen LogP) is 2.65. The summed E-state index contributed by atoms with van der Waals surface area (Å²) in [6, 6.07) is 7.17. The van der Waals surface area contributed by atoms with Crippen molar-refractivity contribution >= 4 is 34.2 Å². The molecule has 4 atom stereocenters. The fourth-order valence-corrected chi connectivity index (χ4v) is 3.96. The molecule has 0 saturated heterocycles. The van der Waals surface area contributed by atoms with Crippen molar-refractivity contribution in [3.8, 4) is 0 Å². The maximum absolute atomic E-state index is 10.6. The molecule has 0 radical (unpaired) electrons. The third-order valence-corrected chi connectivity index (χ3v) is 5.58. The van der Waals surface area contributed by atoms with Gasteiger partial charge in [0.25, 0.3) is 0 Å². The van der Waals surface area contributed by atoms with Crippen molar-refractivity contribution in [1.82, 2.24) is 14.5 Å². The SMILES string of the molecule is OC(CC1OCCc2cc(Cl)ccc21)C(O)C(O)n1ccc2c(Cl)ncnc21. The molecule has 0 bridgehead atoms. The summed E-state index contributed by atoms with van der Waals surface area (Å²) in [6.45, 7) is 0.501. The number of aromatic nitrogens is 3. The summed E-state index contributed by atoms with van der Waals surface area (Å²) in [7, 11) is 0. The van der Waals surface area contributed by atoms with Crippen molar-refractivity contribution in [2.24, 2.45) is 0 Å². The smallest absolute Gasteiger partial charge is 0.160 e. The molecule has 148 valence electrons. The van der Waals surface area contributed by atoms with Crippen molar-refractivity contribution in [2.45, 2.75) is 37.4 Å². The second-order valence-electron chi connectivity index (χ2n) is 6.78. The number of hydrogen-bond acceptors (Lipinski definition) is 6. The third kappa shape index (κ3) is 3.61. The Labute approximate surface area is 171 Å². The molecule has 0 amide bonds. The van der Waals surface area contributed by atoms with Gasteiger partial charge in [0.1, 0.15) is 23.2 Å². The Morgan fingerprint density at radius 1 is 1.18 bits per heavy atom. The molecular formula is C19H19Cl2N3O4. The molecule has 2 aromatic heterocycles. The van der Waals surface area contributed by atoms with E-state index in [-0.39, 0.29) is 11.6 Å². The van der Waals surface area contributed by atoms with E-state index < -0.39 is 24.5 Å². The number of aliphatic hydroxyl groups is 3. The van der Waals surface area contributed by atoms with Crippen LogP contribution in [-0.4, -0.2) is 48.7 Å². The summed E-state index contributed by atoms with van der Waals surface area (Å²) < 4.78 is 7.13. The summed E-state index contributed by atoms with van der Waals surface area (Å²) in [5, 5.41) is 33.1. The van der Waals surface area contributed by atoms with Crippen LogP contribution in [0, 0.1) is 0 Å². The van der Waals surface area contributed by atoms with Crippen LogP contribution >= 0.6 is 23.2 Å². The van der Waals surface area contributed by atoms with E-state index in [1.54, 1.807) is 18.3 Å². The summed E-state index contributed by atoms with van der Waals surface area (Å²) in [6.07, 6.45) is -0.801. The van der Waals surface area contributed by atoms with E-state index in [0.29, 0.717) is 22.7 Å². The van der Waals surface area contributed by atoms with Gasteiger partial charge >= 0.3 is 0 Å². The van der Waals surface area contributed by atoms with Crippen LogP contribution in [0.2, 0.25) is 10.2 Å². The van der Waals surface area contributed by atoms with Gasteiger partial charge in [0.2, 0.25) is 0 Å². The van der Waals surface area contributed by atoms with Crippen molar-refractivity contribution in [2.75, 3.05) is 6.61 Å². The van der Waals surface area contributed by atoms with Gasteiger partial charge in [-0.15, -0.1) is 0 Å². The first kappa shape index (κ1) is 19.6. The van der Waals surface area contributed by atoms with Crippen molar-refractivity contribution < 1.29 is 20.1 Å². The normalized spacial score (nSPS) is 20.0. The largest absolute Gasteiger partial charge is 0.390 e. The zero-order chi connectivity index (χ0) is 19.8. The molecule has 3 N–H and O–H groups in total. The van der Waals surface area contributed by atoms with E-state index in [4.69, 9.17) is 27.9 Å². The molecule has 0 aliphatic carbocycles. The van der Waals surface area contributed by atoms with Crippen LogP contribution < -0.4 is 0 Å². The molecule has 0 fully saturated rings. The Hall–Kier alpha value is -1.74. The molecule has 9 heteroatoms. The number of rotatable bonds is 5. The van der Waals surface area contributed by atoms with Gasteiger partial charge < -0.3 is 24.6 Å². The maximum Gasteiger partial charge on any atom is 0.160 e. The lowest BCUT2D eigenvalue weighted by Crippen LogP contribution is -2.37. The van der Waals surface area contributed by atoms with Crippen LogP contribution in [0.15, 0.2) is 36.8 Å². The summed E-state index contributed by atoms with van der Waals surface area (Å²) >= 11 is 12.1. The van der Waals surface area contributed by atoms with Crippen LogP contribution in [0.3, 0.4) is 0 Å². The average molecular weight is 424 g/mol. The lowest BCUT2D eigenvalue weighted by atomic mass is 9.93. The van der Waals surface area contributed by atoms with E-state index in [2.05, 4.69) is 9.97 Å². The first-order valence-corrected chi connectivity index (χ1v) is 9.62. The van der Waals surface area contributed by atoms with E-state index in [9.17, 15) is 15.3 Å². The van der Waals surface area contributed by atoms with Gasteiger partial charge in [0.15, 0.2) is 6.23 Å². The molecule has 1 aliphatic heterocycles. The average Bonchev–Trinajstić information content (AvgIpc) is 3.12. The Morgan fingerprint density at radius 2 is 2.00 bits per heavy atom. The zero-order valence-corrected chi connectivity index (χ0v) is 16.3. The number of ether oxygens (including phenoxy) is 1. The maximum atomic E-state index is 10.6. The Bertz CT molecular complexity index is 996. The van der Waals surface area contributed by atoms with Crippen LogP contribution in [0.25, 0.3) is 11.0 Å². The minimum absolute atomic E-state index is 0.127. The second-order valence-corrected chi connectivity index (χ2v) is 7.58. The molecular weight excluding hydrogens is 405 g/mol. The number of nitrogens with zero attached hydrogens (tertiary/aromatic N) is 3. The number of aliphatic hydroxyl groups excluding tert-OH is 3. The molecule has 0 saturated carbocycles. The van der Waals surface area contributed by atoms with Gasteiger partial charge in [-0.2, -0.15) is 0 Å². The lowest BCUT2D eigenvalue weighted by Gasteiger charge is -2.31. The molecule has 3 heterocycles. The standard InChI is InChI=1S/C19H19Cl2N3O4/c20-11-1-2-12-10(7-11)4-6-28-15(12)8-14(25)16(26)19(27)24-5-3-13-17(21)22-9-23-18(13)24/h1-3,5,7,9,14-16,19,25-27H,4,6,8H2. The van der Waals surface area contributed by atoms with E-state index in [1.807, 2.05) is 12.1 Å². The van der Waals surface area contributed by atoms with Gasteiger partial charge in [0.05, 0.1) is 24.2 Å². The Balaban J connectivity index is 1.52. The molecule has 0 spiro atoms. The van der Waals surface area contributed by atoms with Gasteiger partial charge in [-0.1, -0.05) is 29.3 Å². The fraction of sp³-hybridized carbons (Fsp3) is 0.368. The molecule has 4 unspecified atom stereocenters. The van der Waals surface area contributed by atoms with E-state index >= 15 is 0 Å². The first-order chi connectivity index (χ1) is 13.5. The second kappa shape index (κ2) is 7.94. The summed E-state index contributed by atoms with van der Waals surface area (Å²) in [5.41, 5.74) is 2.36. The van der Waals surface area contributed by atoms with Crippen molar-refractivity contribution in [3.63, 3.8) is 0 Å². The van der Waals surface area contributed by atoms with E-state index in [0.717, 1.165) is 17.5 Å². The minimum atomic E-state index is -1.45. The van der Waals surface area contributed by atoms with Gasteiger partial charge in [0, 0.05) is 17.6 Å². The summed E-state index contributed by atoms with van der Waals surface area (Å²) in [4.78, 5) is 7.98. The highest BCUT2D eigenvalue weighted by molar-refractivity contribution is 6.33. The molecule has 7 nitrogen and oxygen atoms in total. The predicted molar refractivity (Wildman–Crippen MR) is 104 cm³/mol. The van der Waals surface area contributed by atoms with E-state index in [1.165, 1.54) is 10.9 Å².